The van der Waals surface area contributed by atoms with Gasteiger partial charge in [0, 0.05) is 20.8 Å². The van der Waals surface area contributed by atoms with E-state index in [0.717, 1.165) is 0 Å². The Morgan fingerprint density at radius 3 is 2.17 bits per heavy atom. The monoisotopic (exact) mass is 755 g/mol. The van der Waals surface area contributed by atoms with Gasteiger partial charge in [-0.2, -0.15) is 4.99 Å². The number of anilines is 1. The average Bonchev–Trinajstić information content (AvgIpc) is 2.64. The molecule has 13 heteroatoms. The summed E-state index contributed by atoms with van der Waals surface area (Å²) in [6, 6.07) is 0. The van der Waals surface area contributed by atoms with Gasteiger partial charge in [-0.15, -0.1) is 0 Å². The van der Waals surface area contributed by atoms with Gasteiger partial charge in [0.25, 0.3) is 5.91 Å². The van der Waals surface area contributed by atoms with E-state index in [4.69, 9.17) is 9.47 Å². The summed E-state index contributed by atoms with van der Waals surface area (Å²) >= 11 is 5.70. The standard InChI is InChI=1S/C17H16I3N3O7/c1-7(25)23-16-13(19)11(12(18)15(14(16)20)22-6-24)17(28)21-4-10(30-9(3)27)5-29-8(2)26/h10H,4-5H2,1-3H3,(H,21,28)(H,23,25). The Morgan fingerprint density at radius 2 is 1.67 bits per heavy atom. The van der Waals surface area contributed by atoms with E-state index < -0.39 is 23.9 Å². The largest absolute Gasteiger partial charge is 0.462 e. The van der Waals surface area contributed by atoms with Crippen LogP contribution in [0.2, 0.25) is 0 Å². The van der Waals surface area contributed by atoms with Crippen LogP contribution in [0.4, 0.5) is 11.4 Å². The number of amides is 2. The Labute approximate surface area is 212 Å². The zero-order chi connectivity index (χ0) is 23.0. The van der Waals surface area contributed by atoms with Gasteiger partial charge in [0.05, 0.1) is 28.5 Å². The number of ether oxygens (including phenoxy) is 2. The third-order valence-electron chi connectivity index (χ3n) is 3.27. The minimum Gasteiger partial charge on any atom is -0.462 e. The lowest BCUT2D eigenvalue weighted by Crippen LogP contribution is -2.38. The zero-order valence-corrected chi connectivity index (χ0v) is 22.4. The van der Waals surface area contributed by atoms with Crippen LogP contribution in [0, 0.1) is 10.7 Å². The molecule has 2 amide bonds. The first kappa shape index (κ1) is 26.7. The van der Waals surface area contributed by atoms with Crippen LogP contribution >= 0.6 is 67.8 Å². The van der Waals surface area contributed by atoms with E-state index in [9.17, 15) is 24.0 Å². The second kappa shape index (κ2) is 12.5. The first-order valence-electron chi connectivity index (χ1n) is 8.14. The summed E-state index contributed by atoms with van der Waals surface area (Å²) < 4.78 is 11.2. The van der Waals surface area contributed by atoms with Gasteiger partial charge in [-0.25, -0.2) is 4.79 Å². The van der Waals surface area contributed by atoms with Crippen LogP contribution in [0.25, 0.3) is 0 Å². The maximum atomic E-state index is 12.9. The molecule has 0 aliphatic heterocycles. The van der Waals surface area contributed by atoms with Crippen molar-refractivity contribution < 1.29 is 33.4 Å². The van der Waals surface area contributed by atoms with Crippen molar-refractivity contribution in [3.63, 3.8) is 0 Å². The predicted octanol–water partition coefficient (Wildman–Crippen LogP) is 2.65. The highest BCUT2D eigenvalue weighted by Crippen LogP contribution is 2.40. The van der Waals surface area contributed by atoms with Crippen molar-refractivity contribution in [1.82, 2.24) is 5.32 Å². The minimum atomic E-state index is -0.892. The van der Waals surface area contributed by atoms with Gasteiger partial charge >= 0.3 is 11.9 Å². The molecule has 2 N–H and O–H groups in total. The molecule has 1 unspecified atom stereocenters. The lowest BCUT2D eigenvalue weighted by atomic mass is 10.1. The number of benzene rings is 1. The highest BCUT2D eigenvalue weighted by Gasteiger charge is 2.26. The number of isocyanates is 1. The molecule has 0 saturated carbocycles. The SMILES string of the molecule is CC(=O)Nc1c(I)c(N=C=O)c(I)c(C(=O)NCC(COC(C)=O)OC(C)=O)c1I. The molecule has 0 spiro atoms. The second-order valence-corrected chi connectivity index (χ2v) is 8.91. The molecule has 162 valence electrons. The second-order valence-electron chi connectivity index (χ2n) is 5.67. The Bertz CT molecular complexity index is 930. The van der Waals surface area contributed by atoms with Crippen LogP contribution in [-0.2, 0) is 28.7 Å². The van der Waals surface area contributed by atoms with Crippen LogP contribution in [0.3, 0.4) is 0 Å². The molecule has 0 aliphatic rings. The Morgan fingerprint density at radius 1 is 1.03 bits per heavy atom. The lowest BCUT2D eigenvalue weighted by molar-refractivity contribution is -0.155. The Kier molecular flexibility index (Phi) is 11.1. The van der Waals surface area contributed by atoms with E-state index >= 15 is 0 Å². The van der Waals surface area contributed by atoms with E-state index in [1.54, 1.807) is 0 Å². The van der Waals surface area contributed by atoms with Gasteiger partial charge in [-0.05, 0) is 67.8 Å². The number of carbonyl (C=O) groups excluding carboxylic acids is 5. The van der Waals surface area contributed by atoms with Crippen molar-refractivity contribution in [2.45, 2.75) is 26.9 Å². The van der Waals surface area contributed by atoms with Crippen molar-refractivity contribution in [2.24, 2.45) is 4.99 Å². The highest BCUT2D eigenvalue weighted by molar-refractivity contribution is 14.1. The van der Waals surface area contributed by atoms with E-state index in [2.05, 4.69) is 15.6 Å². The van der Waals surface area contributed by atoms with Crippen molar-refractivity contribution in [2.75, 3.05) is 18.5 Å². The molecule has 0 aliphatic carbocycles. The fourth-order valence-electron chi connectivity index (χ4n) is 2.15. The number of esters is 2. The number of nitrogens with one attached hydrogen (secondary N) is 2. The fraction of sp³-hybridized carbons (Fsp3) is 0.353. The molecule has 30 heavy (non-hydrogen) atoms. The van der Waals surface area contributed by atoms with Gasteiger partial charge in [0.15, 0.2) is 6.10 Å². The number of nitrogens with zero attached hydrogens (tertiary/aromatic N) is 1. The van der Waals surface area contributed by atoms with E-state index in [1.165, 1.54) is 26.9 Å². The summed E-state index contributed by atoms with van der Waals surface area (Å²) in [5.74, 6) is -2.09. The quantitative estimate of drug-likeness (QED) is 0.180. The molecule has 0 saturated heterocycles. The normalized spacial score (nSPS) is 11.0. The Hall–Kier alpha value is -1.33. The van der Waals surface area contributed by atoms with Gasteiger partial charge in [0.2, 0.25) is 12.0 Å². The maximum absolute atomic E-state index is 12.9. The van der Waals surface area contributed by atoms with Crippen molar-refractivity contribution in [3.05, 3.63) is 16.3 Å². The third-order valence-corrected chi connectivity index (χ3v) is 6.45. The lowest BCUT2D eigenvalue weighted by Gasteiger charge is -2.19. The summed E-state index contributed by atoms with van der Waals surface area (Å²) in [4.78, 5) is 61.2. The van der Waals surface area contributed by atoms with Crippen molar-refractivity contribution in [3.8, 4) is 0 Å². The van der Waals surface area contributed by atoms with E-state index in [1.807, 2.05) is 67.8 Å². The van der Waals surface area contributed by atoms with Gasteiger partial charge in [-0.3, -0.25) is 19.2 Å². The molecule has 0 bridgehead atoms. The molecule has 0 radical (unpaired) electrons. The predicted molar refractivity (Wildman–Crippen MR) is 131 cm³/mol. The summed E-state index contributed by atoms with van der Waals surface area (Å²) in [6.07, 6.45) is 0.552. The van der Waals surface area contributed by atoms with E-state index in [-0.39, 0.29) is 30.3 Å². The summed E-state index contributed by atoms with van der Waals surface area (Å²) in [5, 5.41) is 5.24. The van der Waals surface area contributed by atoms with Crippen LogP contribution in [0.1, 0.15) is 31.1 Å². The number of hydrogen-bond acceptors (Lipinski definition) is 8. The van der Waals surface area contributed by atoms with Crippen LogP contribution in [-0.4, -0.2) is 49.1 Å². The van der Waals surface area contributed by atoms with Crippen molar-refractivity contribution in [1.29, 1.82) is 0 Å². The maximum Gasteiger partial charge on any atom is 0.303 e. The molecule has 0 heterocycles. The number of carbonyl (C=O) groups is 4. The van der Waals surface area contributed by atoms with Gasteiger partial charge < -0.3 is 20.1 Å². The first-order valence-corrected chi connectivity index (χ1v) is 11.4. The number of rotatable bonds is 8. The molecule has 1 atom stereocenters. The molecule has 0 fully saturated rings. The topological polar surface area (TPSA) is 140 Å². The smallest absolute Gasteiger partial charge is 0.303 e. The third kappa shape index (κ3) is 7.73. The molecular weight excluding hydrogens is 739 g/mol. The first-order chi connectivity index (χ1) is 14.0. The van der Waals surface area contributed by atoms with Gasteiger partial charge in [0.1, 0.15) is 12.3 Å². The summed E-state index contributed by atoms with van der Waals surface area (Å²) in [5.41, 5.74) is 0.695. The number of halogens is 3. The molecule has 0 aromatic heterocycles. The van der Waals surface area contributed by atoms with Gasteiger partial charge in [-0.1, -0.05) is 0 Å². The van der Waals surface area contributed by atoms with Crippen LogP contribution in [0.15, 0.2) is 4.99 Å². The summed E-state index contributed by atoms with van der Waals surface area (Å²) in [6.45, 7) is 3.35. The highest BCUT2D eigenvalue weighted by atomic mass is 127. The number of aliphatic imine (C=N–C) groups is 1. The van der Waals surface area contributed by atoms with Crippen LogP contribution in [0.5, 0.6) is 0 Å². The molecule has 1 rings (SSSR count). The zero-order valence-electron chi connectivity index (χ0n) is 15.9. The molecule has 10 nitrogen and oxygen atoms in total. The average molecular weight is 755 g/mol. The Balaban J connectivity index is 3.27. The molecule has 1 aromatic carbocycles. The molecule has 1 aromatic rings. The number of hydrogen-bond donors (Lipinski definition) is 2. The summed E-state index contributed by atoms with van der Waals surface area (Å²) in [7, 11) is 0. The van der Waals surface area contributed by atoms with Crippen LogP contribution < -0.4 is 10.6 Å². The van der Waals surface area contributed by atoms with Crippen molar-refractivity contribution >= 4 is 109 Å². The molecular formula is C17H16I3N3O7. The minimum absolute atomic E-state index is 0.133. The van der Waals surface area contributed by atoms with E-state index in [0.29, 0.717) is 16.4 Å². The fourth-order valence-corrected chi connectivity index (χ4v) is 6.32.